The van der Waals surface area contributed by atoms with Crippen molar-refractivity contribution in [1.82, 2.24) is 0 Å². The topological polar surface area (TPSA) is 21.7 Å². The van der Waals surface area contributed by atoms with E-state index in [0.717, 1.165) is 62.3 Å². The smallest absolute Gasteiger partial charge is 0.132 e. The largest absolute Gasteiger partial charge is 0.457 e. The minimum absolute atomic E-state index is 0.613. The van der Waals surface area contributed by atoms with Crippen molar-refractivity contribution in [2.24, 2.45) is 0 Å². The Labute approximate surface area is 400 Å². The highest BCUT2D eigenvalue weighted by molar-refractivity contribution is 5.94. The third-order valence-corrected chi connectivity index (χ3v) is 15.4. The lowest BCUT2D eigenvalue weighted by atomic mass is 9.66. The molecule has 69 heavy (non-hydrogen) atoms. The number of hydrogen-bond acceptors (Lipinski definition) is 3. The molecule has 11 aromatic carbocycles. The summed E-state index contributed by atoms with van der Waals surface area (Å²) in [5.74, 6) is 3.52. The molecule has 0 radical (unpaired) electrons. The fraction of sp³-hybridized carbons (Fsp3) is 0.0303. The molecule has 0 bridgehead atoms. The van der Waals surface area contributed by atoms with Gasteiger partial charge < -0.3 is 14.4 Å². The van der Waals surface area contributed by atoms with Gasteiger partial charge in [0.25, 0.3) is 0 Å². The van der Waals surface area contributed by atoms with Crippen LogP contribution in [0.3, 0.4) is 0 Å². The van der Waals surface area contributed by atoms with E-state index in [4.69, 9.17) is 9.47 Å². The second kappa shape index (κ2) is 14.3. The van der Waals surface area contributed by atoms with Gasteiger partial charge in [-0.15, -0.1) is 0 Å². The molecule has 0 saturated carbocycles. The zero-order valence-corrected chi connectivity index (χ0v) is 37.4. The van der Waals surface area contributed by atoms with Gasteiger partial charge in [-0.3, -0.25) is 0 Å². The molecule has 4 aliphatic rings. The second-order valence-electron chi connectivity index (χ2n) is 18.7. The maximum atomic E-state index is 6.74. The Balaban J connectivity index is 0.988. The first-order valence-electron chi connectivity index (χ1n) is 23.8. The van der Waals surface area contributed by atoms with E-state index in [-0.39, 0.29) is 0 Å². The molecular weight excluding hydrogens is 839 g/mol. The third kappa shape index (κ3) is 5.16. The van der Waals surface area contributed by atoms with Crippen LogP contribution in [0.15, 0.2) is 249 Å². The molecule has 11 aromatic rings. The van der Waals surface area contributed by atoms with Crippen molar-refractivity contribution in [3.8, 4) is 56.4 Å². The summed E-state index contributed by atoms with van der Waals surface area (Å²) in [5, 5.41) is 2.47. The van der Waals surface area contributed by atoms with Crippen molar-refractivity contribution in [3.63, 3.8) is 0 Å². The van der Waals surface area contributed by atoms with Crippen LogP contribution in [0.4, 0.5) is 17.1 Å². The normalized spacial score (nSPS) is 14.3. The van der Waals surface area contributed by atoms with Crippen LogP contribution < -0.4 is 14.4 Å². The van der Waals surface area contributed by atoms with E-state index in [1.807, 2.05) is 0 Å². The van der Waals surface area contributed by atoms with Gasteiger partial charge in [0.15, 0.2) is 0 Å². The van der Waals surface area contributed by atoms with Gasteiger partial charge in [0, 0.05) is 39.3 Å². The molecule has 2 aliphatic carbocycles. The summed E-state index contributed by atoms with van der Waals surface area (Å²) in [4.78, 5) is 2.46. The highest BCUT2D eigenvalue weighted by atomic mass is 16.5. The summed E-state index contributed by atoms with van der Waals surface area (Å²) in [6.07, 6.45) is 0. The Morgan fingerprint density at radius 2 is 0.609 bits per heavy atom. The van der Waals surface area contributed by atoms with Crippen LogP contribution in [0, 0.1) is 0 Å². The van der Waals surface area contributed by atoms with E-state index in [9.17, 15) is 0 Å². The molecular formula is C66H41NO2. The lowest BCUT2D eigenvalue weighted by molar-refractivity contribution is 0.436. The first kappa shape index (κ1) is 38.2. The first-order valence-corrected chi connectivity index (χ1v) is 23.8. The number of rotatable bonds is 4. The number of fused-ring (bicyclic) bond motifs is 19. The molecule has 0 amide bonds. The minimum Gasteiger partial charge on any atom is -0.457 e. The van der Waals surface area contributed by atoms with Gasteiger partial charge in [0.1, 0.15) is 23.0 Å². The molecule has 0 N–H and O–H groups in total. The van der Waals surface area contributed by atoms with E-state index in [1.165, 1.54) is 66.4 Å². The van der Waals surface area contributed by atoms with Crippen LogP contribution in [-0.4, -0.2) is 0 Å². The Morgan fingerprint density at radius 3 is 1.09 bits per heavy atom. The van der Waals surface area contributed by atoms with E-state index < -0.39 is 10.8 Å². The molecule has 0 fully saturated rings. The van der Waals surface area contributed by atoms with Gasteiger partial charge >= 0.3 is 0 Å². The number of ether oxygens (including phenoxy) is 2. The monoisotopic (exact) mass is 879 g/mol. The number of hydrogen-bond donors (Lipinski definition) is 0. The Morgan fingerprint density at radius 1 is 0.246 bits per heavy atom. The maximum Gasteiger partial charge on any atom is 0.132 e. The van der Waals surface area contributed by atoms with Gasteiger partial charge in [-0.05, 0) is 133 Å². The van der Waals surface area contributed by atoms with Crippen LogP contribution in [0.5, 0.6) is 23.0 Å². The average Bonchev–Trinajstić information content (AvgIpc) is 3.86. The predicted molar refractivity (Wildman–Crippen MR) is 279 cm³/mol. The van der Waals surface area contributed by atoms with Crippen LogP contribution in [0.25, 0.3) is 44.2 Å². The molecule has 0 unspecified atom stereocenters. The molecule has 322 valence electrons. The third-order valence-electron chi connectivity index (χ3n) is 15.4. The van der Waals surface area contributed by atoms with Crippen molar-refractivity contribution in [1.29, 1.82) is 0 Å². The van der Waals surface area contributed by atoms with Crippen molar-refractivity contribution in [3.05, 3.63) is 293 Å². The molecule has 2 heterocycles. The van der Waals surface area contributed by atoms with Crippen LogP contribution in [0.1, 0.15) is 44.5 Å². The molecule has 0 aromatic heterocycles. The highest BCUT2D eigenvalue weighted by Gasteiger charge is 2.53. The molecule has 2 aliphatic heterocycles. The number of nitrogens with zero attached hydrogens (tertiary/aromatic N) is 1. The molecule has 15 rings (SSSR count). The minimum atomic E-state index is -0.613. The number of benzene rings is 11. The van der Waals surface area contributed by atoms with E-state index >= 15 is 0 Å². The lowest BCUT2D eigenvalue weighted by Gasteiger charge is -2.40. The fourth-order valence-electron chi connectivity index (χ4n) is 12.6. The number of anilines is 3. The van der Waals surface area contributed by atoms with E-state index in [0.29, 0.717) is 0 Å². The zero-order valence-electron chi connectivity index (χ0n) is 37.4. The highest BCUT2D eigenvalue weighted by Crippen LogP contribution is 2.65. The summed E-state index contributed by atoms with van der Waals surface area (Å²) in [6, 6.07) is 91.1. The van der Waals surface area contributed by atoms with E-state index in [1.54, 1.807) is 0 Å². The van der Waals surface area contributed by atoms with Crippen molar-refractivity contribution in [2.75, 3.05) is 4.90 Å². The lowest BCUT2D eigenvalue weighted by Crippen LogP contribution is -2.32. The predicted octanol–water partition coefficient (Wildman–Crippen LogP) is 16.9. The van der Waals surface area contributed by atoms with Crippen molar-refractivity contribution >= 4 is 27.8 Å². The Hall–Kier alpha value is -8.92. The molecule has 2 spiro atoms. The first-order chi connectivity index (χ1) is 34.2. The summed E-state index contributed by atoms with van der Waals surface area (Å²) in [6.45, 7) is 0. The maximum absolute atomic E-state index is 6.74. The van der Waals surface area contributed by atoms with Crippen molar-refractivity contribution < 1.29 is 9.47 Å². The number of para-hydroxylation sites is 4. The molecule has 0 saturated heterocycles. The standard InChI is InChI=1S/C66H41NO2/c1-2-16-44-39-45(30-29-42(44)15-1)43-31-33-46(34-32-43)67(47-35-37-51-49-17-3-5-19-53(49)65(59(51)40-47)55-21-7-11-25-61(55)68-62-26-12-8-22-56(62)65)48-36-38-52-50-18-4-6-20-54(50)66(60(52)41-48)57-23-9-13-27-63(57)69-64-28-14-10-24-58(64)66/h1-41H. The SMILES string of the molecule is c1ccc2c(c1)Oc1ccccc1C21c2ccccc2-c2ccc(N(c3ccc(-c4ccc5ccccc5c4)cc3)c3ccc4c(c3)C3(c5ccccc5Oc5ccccc53)c3ccccc3-4)cc21. The Bertz CT molecular complexity index is 3650. The quantitative estimate of drug-likeness (QED) is 0.176. The Kier molecular flexibility index (Phi) is 7.92. The summed E-state index contributed by atoms with van der Waals surface area (Å²) < 4.78 is 13.5. The second-order valence-corrected chi connectivity index (χ2v) is 18.7. The zero-order chi connectivity index (χ0) is 45.3. The van der Waals surface area contributed by atoms with Crippen LogP contribution in [-0.2, 0) is 10.8 Å². The van der Waals surface area contributed by atoms with Gasteiger partial charge in [-0.2, -0.15) is 0 Å². The van der Waals surface area contributed by atoms with E-state index in [2.05, 4.69) is 254 Å². The van der Waals surface area contributed by atoms with Gasteiger partial charge in [-0.1, -0.05) is 182 Å². The fourth-order valence-corrected chi connectivity index (χ4v) is 12.6. The average molecular weight is 880 g/mol. The summed E-state index contributed by atoms with van der Waals surface area (Å²) in [5.41, 5.74) is 18.9. The molecule has 3 heteroatoms. The van der Waals surface area contributed by atoms with Gasteiger partial charge in [-0.25, -0.2) is 0 Å². The summed E-state index contributed by atoms with van der Waals surface area (Å²) >= 11 is 0. The van der Waals surface area contributed by atoms with Crippen LogP contribution >= 0.6 is 0 Å². The van der Waals surface area contributed by atoms with Gasteiger partial charge in [0.05, 0.1) is 10.8 Å². The van der Waals surface area contributed by atoms with Gasteiger partial charge in [0.2, 0.25) is 0 Å². The molecule has 3 nitrogen and oxygen atoms in total. The molecule has 0 atom stereocenters. The summed E-state index contributed by atoms with van der Waals surface area (Å²) in [7, 11) is 0. The van der Waals surface area contributed by atoms with Crippen molar-refractivity contribution in [2.45, 2.75) is 10.8 Å². The van der Waals surface area contributed by atoms with Crippen LogP contribution in [0.2, 0.25) is 0 Å².